The first kappa shape index (κ1) is 16.6. The van der Waals surface area contributed by atoms with E-state index in [1.807, 2.05) is 32.0 Å². The monoisotopic (exact) mass is 361 g/mol. The van der Waals surface area contributed by atoms with E-state index < -0.39 is 0 Å². The first-order valence-corrected chi connectivity index (χ1v) is 8.78. The van der Waals surface area contributed by atoms with Crippen molar-refractivity contribution >= 4 is 34.0 Å². The third kappa shape index (κ3) is 3.32. The maximum atomic E-state index is 12.6. The zero-order valence-corrected chi connectivity index (χ0v) is 14.9. The second kappa shape index (κ2) is 7.11. The summed E-state index contributed by atoms with van der Waals surface area (Å²) < 4.78 is 1.73. The van der Waals surface area contributed by atoms with Gasteiger partial charge in [-0.25, -0.2) is 4.68 Å². The van der Waals surface area contributed by atoms with Gasteiger partial charge in [0.15, 0.2) is 0 Å². The van der Waals surface area contributed by atoms with Crippen molar-refractivity contribution in [2.45, 2.75) is 26.7 Å². The van der Waals surface area contributed by atoms with Crippen LogP contribution in [0.25, 0.3) is 5.69 Å². The van der Waals surface area contributed by atoms with Gasteiger partial charge in [-0.2, -0.15) is 5.10 Å². The third-order valence-corrected chi connectivity index (χ3v) is 4.71. The average Bonchev–Trinajstić information content (AvgIpc) is 3.20. The van der Waals surface area contributed by atoms with Crippen LogP contribution in [0, 0.1) is 0 Å². The van der Waals surface area contributed by atoms with E-state index in [-0.39, 0.29) is 5.91 Å². The normalized spacial score (nSPS) is 10.8. The predicted octanol–water partition coefficient (Wildman–Crippen LogP) is 3.75. The van der Waals surface area contributed by atoms with E-state index in [2.05, 4.69) is 20.6 Å². The minimum absolute atomic E-state index is 0.237. The molecule has 0 unspecified atom stereocenters. The number of nitrogens with one attached hydrogen (secondary N) is 1. The van der Waals surface area contributed by atoms with Crippen LogP contribution in [0.2, 0.25) is 5.02 Å². The standard InChI is InChI=1S/C16H16ClN5OS/c1-3-13-12(15(23)19-16-21-20-14(4-2)24-16)9-18-22(13)11-7-5-6-10(17)8-11/h5-9H,3-4H2,1-2H3,(H,19,21,23). The molecule has 0 aliphatic heterocycles. The fourth-order valence-electron chi connectivity index (χ4n) is 2.35. The largest absolute Gasteiger partial charge is 0.296 e. The molecule has 3 aromatic rings. The smallest absolute Gasteiger partial charge is 0.260 e. The van der Waals surface area contributed by atoms with Crippen LogP contribution in [0.3, 0.4) is 0 Å². The summed E-state index contributed by atoms with van der Waals surface area (Å²) in [4.78, 5) is 12.6. The third-order valence-electron chi connectivity index (χ3n) is 3.49. The van der Waals surface area contributed by atoms with Gasteiger partial charge in [0.05, 0.1) is 23.1 Å². The summed E-state index contributed by atoms with van der Waals surface area (Å²) in [6.07, 6.45) is 3.02. The van der Waals surface area contributed by atoms with Crippen LogP contribution >= 0.6 is 22.9 Å². The lowest BCUT2D eigenvalue weighted by Gasteiger charge is -2.08. The van der Waals surface area contributed by atoms with E-state index in [4.69, 9.17) is 11.6 Å². The maximum Gasteiger partial charge on any atom is 0.260 e. The van der Waals surface area contributed by atoms with Crippen LogP contribution in [0.5, 0.6) is 0 Å². The number of benzene rings is 1. The highest BCUT2D eigenvalue weighted by atomic mass is 35.5. The Balaban J connectivity index is 1.89. The van der Waals surface area contributed by atoms with Crippen molar-refractivity contribution in [1.82, 2.24) is 20.0 Å². The highest BCUT2D eigenvalue weighted by Crippen LogP contribution is 2.21. The zero-order valence-electron chi connectivity index (χ0n) is 13.3. The van der Waals surface area contributed by atoms with Crippen LogP contribution in [0.1, 0.15) is 34.9 Å². The Labute approximate surface area is 148 Å². The highest BCUT2D eigenvalue weighted by Gasteiger charge is 2.18. The van der Waals surface area contributed by atoms with Crippen LogP contribution < -0.4 is 5.32 Å². The van der Waals surface area contributed by atoms with Crippen LogP contribution in [0.4, 0.5) is 5.13 Å². The molecule has 1 N–H and O–H groups in total. The molecular formula is C16H16ClN5OS. The quantitative estimate of drug-likeness (QED) is 0.751. The van der Waals surface area contributed by atoms with Crippen LogP contribution in [0.15, 0.2) is 30.5 Å². The second-order valence-corrected chi connectivity index (χ2v) is 6.56. The fourth-order valence-corrected chi connectivity index (χ4v) is 3.20. The van der Waals surface area contributed by atoms with E-state index >= 15 is 0 Å². The molecule has 0 spiro atoms. The zero-order chi connectivity index (χ0) is 17.1. The number of carbonyl (C=O) groups is 1. The maximum absolute atomic E-state index is 12.6. The number of carbonyl (C=O) groups excluding carboxylic acids is 1. The lowest BCUT2D eigenvalue weighted by Crippen LogP contribution is -2.14. The minimum Gasteiger partial charge on any atom is -0.296 e. The topological polar surface area (TPSA) is 72.7 Å². The molecule has 0 atom stereocenters. The summed E-state index contributed by atoms with van der Waals surface area (Å²) in [5.74, 6) is -0.237. The van der Waals surface area contributed by atoms with E-state index in [1.165, 1.54) is 11.3 Å². The molecule has 0 saturated heterocycles. The lowest BCUT2D eigenvalue weighted by molar-refractivity contribution is 0.102. The summed E-state index contributed by atoms with van der Waals surface area (Å²) in [5.41, 5.74) is 2.16. The molecule has 1 amide bonds. The number of rotatable bonds is 5. The lowest BCUT2D eigenvalue weighted by atomic mass is 10.2. The van der Waals surface area contributed by atoms with E-state index in [0.29, 0.717) is 22.1 Å². The van der Waals surface area contributed by atoms with Gasteiger partial charge in [-0.1, -0.05) is 42.9 Å². The van der Waals surface area contributed by atoms with Crippen molar-refractivity contribution in [3.8, 4) is 5.69 Å². The Morgan fingerprint density at radius 3 is 2.79 bits per heavy atom. The molecule has 0 fully saturated rings. The Morgan fingerprint density at radius 2 is 2.12 bits per heavy atom. The number of hydrogen-bond donors (Lipinski definition) is 1. The van der Waals surface area contributed by atoms with Gasteiger partial charge in [0.1, 0.15) is 5.01 Å². The molecule has 0 saturated carbocycles. The molecule has 8 heteroatoms. The van der Waals surface area contributed by atoms with Gasteiger partial charge in [0.2, 0.25) is 5.13 Å². The average molecular weight is 362 g/mol. The number of amides is 1. The first-order chi connectivity index (χ1) is 11.6. The molecule has 1 aromatic carbocycles. The molecule has 3 rings (SSSR count). The van der Waals surface area contributed by atoms with Crippen molar-refractivity contribution in [1.29, 1.82) is 0 Å². The Bertz CT molecular complexity index is 873. The molecule has 0 radical (unpaired) electrons. The summed E-state index contributed by atoms with van der Waals surface area (Å²) in [6, 6.07) is 7.37. The Hall–Kier alpha value is -2.25. The van der Waals surface area contributed by atoms with E-state index in [9.17, 15) is 4.79 Å². The number of aromatic nitrogens is 4. The van der Waals surface area contributed by atoms with Crippen molar-refractivity contribution in [3.63, 3.8) is 0 Å². The Morgan fingerprint density at radius 1 is 1.29 bits per heavy atom. The second-order valence-electron chi connectivity index (χ2n) is 5.06. The van der Waals surface area contributed by atoms with Crippen molar-refractivity contribution < 1.29 is 4.79 Å². The Kier molecular flexibility index (Phi) is 4.92. The number of nitrogens with zero attached hydrogens (tertiary/aromatic N) is 4. The van der Waals surface area contributed by atoms with Crippen molar-refractivity contribution in [2.75, 3.05) is 5.32 Å². The van der Waals surface area contributed by atoms with Gasteiger partial charge < -0.3 is 0 Å². The van der Waals surface area contributed by atoms with Crippen LogP contribution in [-0.2, 0) is 12.8 Å². The van der Waals surface area contributed by atoms with Crippen molar-refractivity contribution in [2.24, 2.45) is 0 Å². The molecule has 124 valence electrons. The van der Waals surface area contributed by atoms with Gasteiger partial charge in [-0.05, 0) is 31.0 Å². The van der Waals surface area contributed by atoms with E-state index in [1.54, 1.807) is 16.9 Å². The minimum atomic E-state index is -0.237. The highest BCUT2D eigenvalue weighted by molar-refractivity contribution is 7.15. The van der Waals surface area contributed by atoms with Gasteiger partial charge in [-0.3, -0.25) is 10.1 Å². The number of anilines is 1. The molecule has 0 bridgehead atoms. The summed E-state index contributed by atoms with van der Waals surface area (Å²) in [7, 11) is 0. The summed E-state index contributed by atoms with van der Waals surface area (Å²) in [6.45, 7) is 3.98. The molecule has 2 heterocycles. The molecule has 6 nitrogen and oxygen atoms in total. The SMILES string of the molecule is CCc1nnc(NC(=O)c2cnn(-c3cccc(Cl)c3)c2CC)s1. The summed E-state index contributed by atoms with van der Waals surface area (Å²) in [5, 5.41) is 17.1. The molecular weight excluding hydrogens is 346 g/mol. The fraction of sp³-hybridized carbons (Fsp3) is 0.250. The van der Waals surface area contributed by atoms with Crippen molar-refractivity contribution in [3.05, 3.63) is 51.7 Å². The van der Waals surface area contributed by atoms with Crippen LogP contribution in [-0.4, -0.2) is 25.9 Å². The predicted molar refractivity (Wildman–Crippen MR) is 95.2 cm³/mol. The summed E-state index contributed by atoms with van der Waals surface area (Å²) >= 11 is 7.42. The molecule has 0 aliphatic rings. The van der Waals surface area contributed by atoms with Gasteiger partial charge in [0.25, 0.3) is 5.91 Å². The van der Waals surface area contributed by atoms with Gasteiger partial charge in [0, 0.05) is 5.02 Å². The number of hydrogen-bond acceptors (Lipinski definition) is 5. The van der Waals surface area contributed by atoms with Gasteiger partial charge >= 0.3 is 0 Å². The molecule has 0 aliphatic carbocycles. The van der Waals surface area contributed by atoms with E-state index in [0.717, 1.165) is 22.8 Å². The van der Waals surface area contributed by atoms with Gasteiger partial charge in [-0.15, -0.1) is 10.2 Å². The first-order valence-electron chi connectivity index (χ1n) is 7.59. The number of aryl methyl sites for hydroxylation is 1. The molecule has 24 heavy (non-hydrogen) atoms. The molecule has 2 aromatic heterocycles. The number of halogens is 1.